The molecule has 2 amide bonds. The van der Waals surface area contributed by atoms with Crippen molar-refractivity contribution in [3.05, 3.63) is 0 Å². The summed E-state index contributed by atoms with van der Waals surface area (Å²) >= 11 is 0. The van der Waals surface area contributed by atoms with Crippen molar-refractivity contribution in [3.63, 3.8) is 0 Å². The Kier molecular flexibility index (Phi) is 6.99. The molecule has 122 valence electrons. The zero-order valence-corrected chi connectivity index (χ0v) is 13.6. The molecule has 0 saturated heterocycles. The Hall–Kier alpha value is -1.26. The van der Waals surface area contributed by atoms with Crippen LogP contribution in [0.25, 0.3) is 0 Å². The second kappa shape index (κ2) is 8.25. The lowest BCUT2D eigenvalue weighted by Crippen LogP contribution is -2.51. The minimum atomic E-state index is -0.804. The normalized spacial score (nSPS) is 19.0. The lowest BCUT2D eigenvalue weighted by Gasteiger charge is -2.34. The van der Waals surface area contributed by atoms with Gasteiger partial charge in [-0.2, -0.15) is 0 Å². The van der Waals surface area contributed by atoms with Gasteiger partial charge in [-0.25, -0.2) is 4.79 Å². The van der Waals surface area contributed by atoms with Gasteiger partial charge in [-0.1, -0.05) is 33.1 Å². The van der Waals surface area contributed by atoms with E-state index < -0.39 is 5.97 Å². The van der Waals surface area contributed by atoms with Crippen LogP contribution in [0.4, 0.5) is 4.79 Å². The molecule has 5 heteroatoms. The molecule has 0 aromatic heterocycles. The van der Waals surface area contributed by atoms with Crippen molar-refractivity contribution in [2.45, 2.75) is 71.3 Å². The van der Waals surface area contributed by atoms with Gasteiger partial charge in [0.1, 0.15) is 0 Å². The van der Waals surface area contributed by atoms with E-state index in [2.05, 4.69) is 31.4 Å². The van der Waals surface area contributed by atoms with Gasteiger partial charge in [-0.3, -0.25) is 4.79 Å². The van der Waals surface area contributed by atoms with Crippen LogP contribution in [0.2, 0.25) is 0 Å². The van der Waals surface area contributed by atoms with Crippen molar-refractivity contribution in [2.24, 2.45) is 11.8 Å². The predicted molar refractivity (Wildman–Crippen MR) is 83.2 cm³/mol. The highest BCUT2D eigenvalue weighted by Gasteiger charge is 2.28. The number of hydrogen-bond acceptors (Lipinski definition) is 2. The molecule has 0 aromatic carbocycles. The van der Waals surface area contributed by atoms with Gasteiger partial charge in [-0.15, -0.1) is 0 Å². The molecular weight excluding hydrogens is 268 g/mol. The van der Waals surface area contributed by atoms with E-state index >= 15 is 0 Å². The molecule has 1 aliphatic rings. The van der Waals surface area contributed by atoms with Gasteiger partial charge >= 0.3 is 12.0 Å². The highest BCUT2D eigenvalue weighted by Crippen LogP contribution is 2.27. The number of nitrogens with one attached hydrogen (secondary N) is 2. The van der Waals surface area contributed by atoms with Crippen LogP contribution in [-0.2, 0) is 4.79 Å². The molecule has 0 aliphatic heterocycles. The first-order valence-corrected chi connectivity index (χ1v) is 8.08. The standard InChI is InChI=1S/C16H30N2O3/c1-12(2)9-13(10-14(19)20)11-17-15(21)18-16(3)7-5-4-6-8-16/h12-13H,4-11H2,1-3H3,(H,19,20)(H2,17,18,21)/t13-/m0/s1. The summed E-state index contributed by atoms with van der Waals surface area (Å²) in [6, 6.07) is -0.168. The third-order valence-electron chi connectivity index (χ3n) is 4.19. The van der Waals surface area contributed by atoms with Gasteiger partial charge in [0, 0.05) is 18.5 Å². The third kappa shape index (κ3) is 7.34. The van der Waals surface area contributed by atoms with E-state index in [-0.39, 0.29) is 23.9 Å². The minimum Gasteiger partial charge on any atom is -0.481 e. The molecule has 0 spiro atoms. The van der Waals surface area contributed by atoms with Crippen LogP contribution >= 0.6 is 0 Å². The van der Waals surface area contributed by atoms with Crippen LogP contribution in [0, 0.1) is 11.8 Å². The van der Waals surface area contributed by atoms with Gasteiger partial charge < -0.3 is 15.7 Å². The van der Waals surface area contributed by atoms with Crippen molar-refractivity contribution in [1.82, 2.24) is 10.6 Å². The number of rotatable bonds is 7. The SMILES string of the molecule is CC(C)C[C@H](CNC(=O)NC1(C)CCCCC1)CC(=O)O. The average Bonchev–Trinajstić information content (AvgIpc) is 2.35. The Labute approximate surface area is 127 Å². The van der Waals surface area contributed by atoms with Crippen LogP contribution in [0.5, 0.6) is 0 Å². The number of amides is 2. The molecule has 1 rings (SSSR count). The fraction of sp³-hybridized carbons (Fsp3) is 0.875. The number of carbonyl (C=O) groups is 2. The topological polar surface area (TPSA) is 78.4 Å². The second-order valence-electron chi connectivity index (χ2n) is 7.05. The molecule has 0 heterocycles. The predicted octanol–water partition coefficient (Wildman–Crippen LogP) is 3.15. The first kappa shape index (κ1) is 17.8. The Balaban J connectivity index is 2.39. The summed E-state index contributed by atoms with van der Waals surface area (Å²) in [7, 11) is 0. The Bertz CT molecular complexity index is 349. The van der Waals surface area contributed by atoms with Gasteiger partial charge in [0.05, 0.1) is 0 Å². The number of hydrogen-bond donors (Lipinski definition) is 3. The molecule has 5 nitrogen and oxygen atoms in total. The quantitative estimate of drug-likeness (QED) is 0.675. The van der Waals surface area contributed by atoms with Gasteiger partial charge in [0.25, 0.3) is 0 Å². The molecule has 1 aliphatic carbocycles. The third-order valence-corrected chi connectivity index (χ3v) is 4.19. The molecule has 0 aromatic rings. The van der Waals surface area contributed by atoms with Gasteiger partial charge in [0.2, 0.25) is 0 Å². The summed E-state index contributed by atoms with van der Waals surface area (Å²) in [5.74, 6) is -0.385. The molecule has 0 unspecified atom stereocenters. The highest BCUT2D eigenvalue weighted by molar-refractivity contribution is 5.75. The second-order valence-corrected chi connectivity index (χ2v) is 7.05. The Morgan fingerprint density at radius 3 is 2.33 bits per heavy atom. The first-order chi connectivity index (χ1) is 9.81. The molecule has 1 atom stereocenters. The Morgan fingerprint density at radius 2 is 1.81 bits per heavy atom. The lowest BCUT2D eigenvalue weighted by atomic mass is 9.83. The summed E-state index contributed by atoms with van der Waals surface area (Å²) in [4.78, 5) is 22.9. The molecule has 1 saturated carbocycles. The largest absolute Gasteiger partial charge is 0.481 e. The van der Waals surface area contributed by atoms with Gasteiger partial charge in [-0.05, 0) is 38.0 Å². The average molecular weight is 298 g/mol. The smallest absolute Gasteiger partial charge is 0.315 e. The molecule has 3 N–H and O–H groups in total. The molecular formula is C16H30N2O3. The van der Waals surface area contributed by atoms with E-state index in [0.717, 1.165) is 32.1 Å². The van der Waals surface area contributed by atoms with Crippen LogP contribution in [0.3, 0.4) is 0 Å². The Morgan fingerprint density at radius 1 is 1.19 bits per heavy atom. The minimum absolute atomic E-state index is 0.00703. The molecule has 21 heavy (non-hydrogen) atoms. The van der Waals surface area contributed by atoms with E-state index in [4.69, 9.17) is 5.11 Å². The van der Waals surface area contributed by atoms with Crippen molar-refractivity contribution in [1.29, 1.82) is 0 Å². The lowest BCUT2D eigenvalue weighted by molar-refractivity contribution is -0.138. The first-order valence-electron chi connectivity index (χ1n) is 8.08. The van der Waals surface area contributed by atoms with Crippen molar-refractivity contribution in [3.8, 4) is 0 Å². The summed E-state index contributed by atoms with van der Waals surface area (Å²) < 4.78 is 0. The maximum atomic E-state index is 12.0. The van der Waals surface area contributed by atoms with E-state index in [0.29, 0.717) is 12.5 Å². The van der Waals surface area contributed by atoms with E-state index in [9.17, 15) is 9.59 Å². The number of urea groups is 1. The molecule has 0 bridgehead atoms. The summed E-state index contributed by atoms with van der Waals surface area (Å²) in [6.07, 6.45) is 6.51. The summed E-state index contributed by atoms with van der Waals surface area (Å²) in [5, 5.41) is 14.8. The van der Waals surface area contributed by atoms with Gasteiger partial charge in [0.15, 0.2) is 0 Å². The van der Waals surface area contributed by atoms with Crippen LogP contribution in [0.15, 0.2) is 0 Å². The zero-order valence-electron chi connectivity index (χ0n) is 13.6. The van der Waals surface area contributed by atoms with E-state index in [1.165, 1.54) is 6.42 Å². The van der Waals surface area contributed by atoms with Crippen molar-refractivity contribution in [2.75, 3.05) is 6.54 Å². The molecule has 0 radical (unpaired) electrons. The van der Waals surface area contributed by atoms with Crippen LogP contribution < -0.4 is 10.6 Å². The highest BCUT2D eigenvalue weighted by atomic mass is 16.4. The monoisotopic (exact) mass is 298 g/mol. The number of carboxylic acid groups (broad SMARTS) is 1. The number of aliphatic carboxylic acids is 1. The van der Waals surface area contributed by atoms with Crippen LogP contribution in [-0.4, -0.2) is 29.2 Å². The summed E-state index contributed by atoms with van der Waals surface area (Å²) in [5.41, 5.74) is -0.108. The van der Waals surface area contributed by atoms with Crippen molar-refractivity contribution >= 4 is 12.0 Å². The number of carbonyl (C=O) groups excluding carboxylic acids is 1. The van der Waals surface area contributed by atoms with E-state index in [1.807, 2.05) is 0 Å². The molecule has 1 fully saturated rings. The fourth-order valence-corrected chi connectivity index (χ4v) is 3.16. The van der Waals surface area contributed by atoms with Crippen LogP contribution in [0.1, 0.15) is 65.7 Å². The zero-order chi connectivity index (χ0) is 15.9. The maximum absolute atomic E-state index is 12.0. The maximum Gasteiger partial charge on any atom is 0.315 e. The summed E-state index contributed by atoms with van der Waals surface area (Å²) in [6.45, 7) is 6.65. The van der Waals surface area contributed by atoms with E-state index in [1.54, 1.807) is 0 Å². The van der Waals surface area contributed by atoms with Crippen molar-refractivity contribution < 1.29 is 14.7 Å². The number of carboxylic acids is 1. The fourth-order valence-electron chi connectivity index (χ4n) is 3.16.